The highest BCUT2D eigenvalue weighted by atomic mass is 35.5. The van der Waals surface area contributed by atoms with Gasteiger partial charge in [-0.2, -0.15) is 9.37 Å². The number of nitrogens with zero attached hydrogens (tertiary/aromatic N) is 2. The summed E-state index contributed by atoms with van der Waals surface area (Å²) >= 11 is 11.7. The normalized spacial score (nSPS) is 10.1. The van der Waals surface area contributed by atoms with E-state index >= 15 is 0 Å². The first kappa shape index (κ1) is 14.8. The van der Waals surface area contributed by atoms with Crippen LogP contribution in [0, 0.1) is 5.95 Å². The lowest BCUT2D eigenvalue weighted by molar-refractivity contribution is -0.143. The van der Waals surface area contributed by atoms with Gasteiger partial charge < -0.3 is 14.4 Å². The van der Waals surface area contributed by atoms with Crippen LogP contribution in [0.2, 0.25) is 10.0 Å². The van der Waals surface area contributed by atoms with Gasteiger partial charge in [-0.15, -0.1) is 0 Å². The van der Waals surface area contributed by atoms with Crippen molar-refractivity contribution in [3.05, 3.63) is 16.0 Å². The largest absolute Gasteiger partial charge is 0.466 e. The number of ether oxygens (including phenoxy) is 2. The van der Waals surface area contributed by atoms with Crippen molar-refractivity contribution in [2.45, 2.75) is 0 Å². The molecule has 8 heteroatoms. The van der Waals surface area contributed by atoms with Gasteiger partial charge in [0.1, 0.15) is 10.0 Å². The number of carbonyl (C=O) groups is 1. The Bertz CT molecular complexity index is 469. The first-order valence-electron chi connectivity index (χ1n) is 4.80. The third-order valence-corrected chi connectivity index (χ3v) is 2.66. The fraction of sp³-hybridized carbons (Fsp3) is 0.400. The smallest absolute Gasteiger partial charge is 0.343 e. The van der Waals surface area contributed by atoms with Gasteiger partial charge in [-0.25, -0.2) is 4.79 Å². The van der Waals surface area contributed by atoms with E-state index in [9.17, 15) is 9.18 Å². The number of carbonyl (C=O) groups excluding carboxylic acids is 1. The van der Waals surface area contributed by atoms with E-state index < -0.39 is 18.5 Å². The van der Waals surface area contributed by atoms with Crippen LogP contribution in [0.25, 0.3) is 0 Å². The molecule has 0 saturated carbocycles. The zero-order valence-electron chi connectivity index (χ0n) is 9.96. The van der Waals surface area contributed by atoms with E-state index in [1.807, 2.05) is 0 Å². The Labute approximate surface area is 113 Å². The lowest BCUT2D eigenvalue weighted by atomic mass is 10.3. The summed E-state index contributed by atoms with van der Waals surface area (Å²) in [6, 6.07) is 0. The zero-order valence-corrected chi connectivity index (χ0v) is 11.5. The fourth-order valence-corrected chi connectivity index (χ4v) is 1.87. The minimum absolute atomic E-state index is 0.0234. The average Bonchev–Trinajstić information content (AvgIpc) is 2.31. The molecule has 0 amide bonds. The van der Waals surface area contributed by atoms with Crippen LogP contribution in [-0.2, 0) is 9.53 Å². The van der Waals surface area contributed by atoms with Crippen LogP contribution in [0.1, 0.15) is 0 Å². The first-order chi connectivity index (χ1) is 8.38. The Balaban J connectivity index is 3.10. The zero-order chi connectivity index (χ0) is 13.9. The number of rotatable bonds is 4. The molecule has 0 aliphatic heterocycles. The molecule has 0 spiro atoms. The molecule has 100 valence electrons. The van der Waals surface area contributed by atoms with Gasteiger partial charge in [0.2, 0.25) is 11.8 Å². The fourth-order valence-electron chi connectivity index (χ4n) is 1.16. The van der Waals surface area contributed by atoms with Crippen molar-refractivity contribution in [1.82, 2.24) is 4.98 Å². The SMILES string of the molecule is COC(=O)COc1nc(F)c(Cl)c(N(C)C)c1Cl. The number of aromatic nitrogens is 1. The second-order valence-electron chi connectivity index (χ2n) is 3.44. The Kier molecular flexibility index (Phi) is 4.98. The summed E-state index contributed by atoms with van der Waals surface area (Å²) in [6.45, 7) is -0.419. The molecule has 0 aliphatic rings. The Morgan fingerprint density at radius 1 is 1.39 bits per heavy atom. The number of hydrogen-bond donors (Lipinski definition) is 0. The summed E-state index contributed by atoms with van der Waals surface area (Å²) in [5.41, 5.74) is 0.227. The third-order valence-electron chi connectivity index (χ3n) is 1.99. The topological polar surface area (TPSA) is 51.7 Å². The van der Waals surface area contributed by atoms with E-state index in [2.05, 4.69) is 9.72 Å². The highest BCUT2D eigenvalue weighted by Crippen LogP contribution is 2.39. The number of esters is 1. The molecule has 1 aromatic rings. The quantitative estimate of drug-likeness (QED) is 0.629. The minimum atomic E-state index is -0.926. The summed E-state index contributed by atoms with van der Waals surface area (Å²) in [5, 5.41) is -0.189. The second kappa shape index (κ2) is 6.06. The van der Waals surface area contributed by atoms with E-state index in [1.54, 1.807) is 14.1 Å². The highest BCUT2D eigenvalue weighted by molar-refractivity contribution is 6.39. The molecular formula is C10H11Cl2FN2O3. The molecule has 18 heavy (non-hydrogen) atoms. The summed E-state index contributed by atoms with van der Waals surface area (Å²) in [4.78, 5) is 15.9. The average molecular weight is 297 g/mol. The van der Waals surface area contributed by atoms with E-state index in [0.717, 1.165) is 0 Å². The minimum Gasteiger partial charge on any atom is -0.466 e. The first-order valence-corrected chi connectivity index (χ1v) is 5.55. The number of methoxy groups -OCH3 is 1. The van der Waals surface area contributed by atoms with Crippen LogP contribution >= 0.6 is 23.2 Å². The van der Waals surface area contributed by atoms with E-state index in [0.29, 0.717) is 0 Å². The Morgan fingerprint density at radius 2 is 2.00 bits per heavy atom. The molecule has 0 N–H and O–H groups in total. The molecule has 1 rings (SSSR count). The van der Waals surface area contributed by atoms with Gasteiger partial charge in [-0.1, -0.05) is 23.2 Å². The van der Waals surface area contributed by atoms with Gasteiger partial charge >= 0.3 is 5.97 Å². The molecule has 0 fully saturated rings. The van der Waals surface area contributed by atoms with Gasteiger partial charge in [0.15, 0.2) is 6.61 Å². The molecule has 0 atom stereocenters. The maximum Gasteiger partial charge on any atom is 0.343 e. The molecule has 0 bridgehead atoms. The van der Waals surface area contributed by atoms with Gasteiger partial charge in [-0.3, -0.25) is 0 Å². The van der Waals surface area contributed by atoms with E-state index in [4.69, 9.17) is 27.9 Å². The van der Waals surface area contributed by atoms with Gasteiger partial charge in [-0.05, 0) is 0 Å². The molecule has 0 radical (unpaired) electrons. The van der Waals surface area contributed by atoms with Crippen LogP contribution in [0.3, 0.4) is 0 Å². The van der Waals surface area contributed by atoms with Crippen molar-refractivity contribution in [1.29, 1.82) is 0 Å². The predicted molar refractivity (Wildman–Crippen MR) is 66.1 cm³/mol. The molecule has 0 aliphatic carbocycles. The summed E-state index contributed by atoms with van der Waals surface area (Å²) in [7, 11) is 4.47. The Morgan fingerprint density at radius 3 is 2.50 bits per heavy atom. The molecule has 1 heterocycles. The van der Waals surface area contributed by atoms with Crippen LogP contribution in [-0.4, -0.2) is 38.8 Å². The predicted octanol–water partition coefficient (Wildman–Crippen LogP) is 2.15. The van der Waals surface area contributed by atoms with Crippen molar-refractivity contribution in [3.63, 3.8) is 0 Å². The van der Waals surface area contributed by atoms with Gasteiger partial charge in [0.25, 0.3) is 0 Å². The number of halogens is 3. The van der Waals surface area contributed by atoms with Gasteiger partial charge in [0, 0.05) is 14.1 Å². The maximum atomic E-state index is 13.5. The lowest BCUT2D eigenvalue weighted by Gasteiger charge is -2.18. The lowest BCUT2D eigenvalue weighted by Crippen LogP contribution is -2.16. The summed E-state index contributed by atoms with van der Waals surface area (Å²) in [5.74, 6) is -1.77. The van der Waals surface area contributed by atoms with E-state index in [1.165, 1.54) is 12.0 Å². The monoisotopic (exact) mass is 296 g/mol. The number of pyridine rings is 1. The van der Waals surface area contributed by atoms with Crippen molar-refractivity contribution >= 4 is 34.9 Å². The molecule has 0 saturated heterocycles. The second-order valence-corrected chi connectivity index (χ2v) is 4.20. The number of anilines is 1. The highest BCUT2D eigenvalue weighted by Gasteiger charge is 2.20. The van der Waals surface area contributed by atoms with Crippen molar-refractivity contribution < 1.29 is 18.7 Å². The standard InChI is InChI=1S/C10H11Cl2FN2O3/c1-15(2)8-6(11)9(13)14-10(7(8)12)18-4-5(16)17-3/h4H2,1-3H3. The Hall–Kier alpha value is -1.27. The van der Waals surface area contributed by atoms with Crippen molar-refractivity contribution in [2.24, 2.45) is 0 Å². The maximum absolute atomic E-state index is 13.5. The van der Waals surface area contributed by atoms with Crippen LogP contribution in [0.5, 0.6) is 5.88 Å². The molecular weight excluding hydrogens is 286 g/mol. The number of hydrogen-bond acceptors (Lipinski definition) is 5. The van der Waals surface area contributed by atoms with Crippen molar-refractivity contribution in [3.8, 4) is 5.88 Å². The van der Waals surface area contributed by atoms with Gasteiger partial charge in [0.05, 0.1) is 12.8 Å². The molecule has 1 aromatic heterocycles. The molecule has 5 nitrogen and oxygen atoms in total. The van der Waals surface area contributed by atoms with Crippen molar-refractivity contribution in [2.75, 3.05) is 32.7 Å². The van der Waals surface area contributed by atoms with E-state index in [-0.39, 0.29) is 21.6 Å². The molecule has 0 unspecified atom stereocenters. The van der Waals surface area contributed by atoms with Crippen LogP contribution < -0.4 is 9.64 Å². The van der Waals surface area contributed by atoms with Crippen LogP contribution in [0.4, 0.5) is 10.1 Å². The molecule has 0 aromatic carbocycles. The third kappa shape index (κ3) is 3.14. The van der Waals surface area contributed by atoms with Crippen LogP contribution in [0.15, 0.2) is 0 Å². The summed E-state index contributed by atoms with van der Waals surface area (Å²) < 4.78 is 22.8. The summed E-state index contributed by atoms with van der Waals surface area (Å²) in [6.07, 6.45) is 0.